The summed E-state index contributed by atoms with van der Waals surface area (Å²) >= 11 is 0. The Morgan fingerprint density at radius 3 is 2.47 bits per heavy atom. The molecule has 0 bridgehead atoms. The van der Waals surface area contributed by atoms with Crippen LogP contribution in [0.5, 0.6) is 0 Å². The molecule has 2 atom stereocenters. The van der Waals surface area contributed by atoms with Gasteiger partial charge in [0.05, 0.1) is 5.92 Å². The maximum Gasteiger partial charge on any atom is 0.224 e. The normalized spacial score (nSPS) is 18.9. The second-order valence-electron chi connectivity index (χ2n) is 8.66. The summed E-state index contributed by atoms with van der Waals surface area (Å²) in [6.45, 7) is 4.46. The van der Waals surface area contributed by atoms with E-state index in [-0.39, 0.29) is 11.8 Å². The van der Waals surface area contributed by atoms with Gasteiger partial charge < -0.3 is 5.32 Å². The number of pyridine rings is 1. The fraction of sp³-hybridized carbons (Fsp3) is 0.357. The van der Waals surface area contributed by atoms with Crippen molar-refractivity contribution in [2.24, 2.45) is 5.92 Å². The van der Waals surface area contributed by atoms with Gasteiger partial charge in [-0.2, -0.15) is 0 Å². The van der Waals surface area contributed by atoms with Crippen molar-refractivity contribution in [3.05, 3.63) is 101 Å². The summed E-state index contributed by atoms with van der Waals surface area (Å²) in [5.74, 6) is 0.187. The van der Waals surface area contributed by atoms with Crippen molar-refractivity contribution in [3.8, 4) is 0 Å². The lowest BCUT2D eigenvalue weighted by molar-refractivity contribution is -0.127. The number of hydrogen-bond acceptors (Lipinski definition) is 3. The fourth-order valence-corrected chi connectivity index (χ4v) is 4.61. The largest absolute Gasteiger partial charge is 0.355 e. The lowest BCUT2D eigenvalue weighted by atomic mass is 9.87. The molecule has 0 aliphatic carbocycles. The van der Waals surface area contributed by atoms with Gasteiger partial charge in [-0.05, 0) is 48.1 Å². The second kappa shape index (κ2) is 11.1. The number of aryl methyl sites for hydroxylation is 1. The molecule has 0 radical (unpaired) electrons. The molecular formula is C28H33N3O. The van der Waals surface area contributed by atoms with Gasteiger partial charge in [0.2, 0.25) is 5.91 Å². The smallest absolute Gasteiger partial charge is 0.224 e. The van der Waals surface area contributed by atoms with Crippen molar-refractivity contribution in [2.75, 3.05) is 13.1 Å². The molecule has 0 saturated carbocycles. The number of amides is 1. The first-order chi connectivity index (χ1) is 15.7. The maximum atomic E-state index is 13.0. The quantitative estimate of drug-likeness (QED) is 0.553. The predicted molar refractivity (Wildman–Crippen MR) is 129 cm³/mol. The molecule has 1 aliphatic rings. The molecule has 4 heteroatoms. The number of nitrogens with zero attached hydrogens (tertiary/aromatic N) is 2. The molecular weight excluding hydrogens is 394 g/mol. The number of hydrogen-bond donors (Lipinski definition) is 1. The van der Waals surface area contributed by atoms with E-state index in [0.29, 0.717) is 12.6 Å². The van der Waals surface area contributed by atoms with Crippen molar-refractivity contribution in [3.63, 3.8) is 0 Å². The highest BCUT2D eigenvalue weighted by Gasteiger charge is 2.32. The maximum absolute atomic E-state index is 13.0. The van der Waals surface area contributed by atoms with Crippen LogP contribution in [0.4, 0.5) is 0 Å². The molecule has 1 aliphatic heterocycles. The van der Waals surface area contributed by atoms with Crippen LogP contribution in [0, 0.1) is 5.92 Å². The van der Waals surface area contributed by atoms with E-state index in [1.807, 2.05) is 18.2 Å². The fourth-order valence-electron chi connectivity index (χ4n) is 4.61. The standard InChI is InChI=1S/C28H33N3O/c1-2-22-11-13-24(14-12-22)27-16-15-25(21-31(27)20-23-8-4-3-5-9-23)28(32)30-19-17-26-10-6-7-18-29-26/h3-14,18,25,27H,2,15-17,19-21H2,1H3,(H,30,32). The van der Waals surface area contributed by atoms with E-state index >= 15 is 0 Å². The molecule has 1 fully saturated rings. The van der Waals surface area contributed by atoms with Crippen molar-refractivity contribution in [1.82, 2.24) is 15.2 Å². The van der Waals surface area contributed by atoms with E-state index in [2.05, 4.69) is 76.7 Å². The number of nitrogens with one attached hydrogen (secondary N) is 1. The van der Waals surface area contributed by atoms with Gasteiger partial charge in [-0.25, -0.2) is 0 Å². The van der Waals surface area contributed by atoms with Gasteiger partial charge in [0.25, 0.3) is 0 Å². The molecule has 1 saturated heterocycles. The molecule has 166 valence electrons. The molecule has 1 N–H and O–H groups in total. The Hall–Kier alpha value is -2.98. The first-order valence-corrected chi connectivity index (χ1v) is 11.8. The highest BCUT2D eigenvalue weighted by atomic mass is 16.1. The predicted octanol–water partition coefficient (Wildman–Crippen LogP) is 4.96. The van der Waals surface area contributed by atoms with Gasteiger partial charge in [-0.3, -0.25) is 14.7 Å². The van der Waals surface area contributed by atoms with Crippen LogP contribution in [-0.2, 0) is 24.2 Å². The van der Waals surface area contributed by atoms with Crippen LogP contribution >= 0.6 is 0 Å². The van der Waals surface area contributed by atoms with Crippen LogP contribution < -0.4 is 5.32 Å². The molecule has 32 heavy (non-hydrogen) atoms. The summed E-state index contributed by atoms with van der Waals surface area (Å²) in [5, 5.41) is 3.15. The molecule has 2 aromatic carbocycles. The van der Waals surface area contributed by atoms with E-state index in [1.54, 1.807) is 6.20 Å². The number of rotatable bonds is 8. The number of aromatic nitrogens is 1. The van der Waals surface area contributed by atoms with Crippen LogP contribution in [0.15, 0.2) is 79.0 Å². The van der Waals surface area contributed by atoms with Crippen LogP contribution in [0.1, 0.15) is 48.2 Å². The van der Waals surface area contributed by atoms with Crippen LogP contribution in [0.3, 0.4) is 0 Å². The summed E-state index contributed by atoms with van der Waals surface area (Å²) in [6, 6.07) is 25.9. The molecule has 4 nitrogen and oxygen atoms in total. The first kappa shape index (κ1) is 22.2. The van der Waals surface area contributed by atoms with Gasteiger partial charge in [0.1, 0.15) is 0 Å². The van der Waals surface area contributed by atoms with E-state index in [9.17, 15) is 4.79 Å². The van der Waals surface area contributed by atoms with Crippen LogP contribution in [-0.4, -0.2) is 28.9 Å². The summed E-state index contributed by atoms with van der Waals surface area (Å²) in [7, 11) is 0. The Kier molecular flexibility index (Phi) is 7.68. The average Bonchev–Trinajstić information content (AvgIpc) is 2.85. The van der Waals surface area contributed by atoms with Crippen molar-refractivity contribution in [2.45, 2.75) is 45.2 Å². The van der Waals surface area contributed by atoms with Crippen molar-refractivity contribution < 1.29 is 4.79 Å². The highest BCUT2D eigenvalue weighted by Crippen LogP contribution is 2.35. The Morgan fingerprint density at radius 1 is 0.969 bits per heavy atom. The third kappa shape index (κ3) is 5.83. The minimum Gasteiger partial charge on any atom is -0.355 e. The van der Waals surface area contributed by atoms with E-state index in [0.717, 1.165) is 44.5 Å². The Labute approximate surface area is 191 Å². The third-order valence-electron chi connectivity index (χ3n) is 6.46. The minimum atomic E-state index is 0.0219. The van der Waals surface area contributed by atoms with Gasteiger partial charge >= 0.3 is 0 Å². The van der Waals surface area contributed by atoms with Crippen molar-refractivity contribution >= 4 is 5.91 Å². The van der Waals surface area contributed by atoms with Gasteiger partial charge in [-0.15, -0.1) is 0 Å². The monoisotopic (exact) mass is 427 g/mol. The zero-order valence-corrected chi connectivity index (χ0v) is 18.9. The lowest BCUT2D eigenvalue weighted by Crippen LogP contribution is -2.44. The number of likely N-dealkylation sites (tertiary alicyclic amines) is 1. The first-order valence-electron chi connectivity index (χ1n) is 11.8. The topological polar surface area (TPSA) is 45.2 Å². The summed E-state index contributed by atoms with van der Waals surface area (Å²) in [4.78, 5) is 19.8. The average molecular weight is 428 g/mol. The molecule has 1 aromatic heterocycles. The van der Waals surface area contributed by atoms with Crippen LogP contribution in [0.2, 0.25) is 0 Å². The number of piperidine rings is 1. The third-order valence-corrected chi connectivity index (χ3v) is 6.46. The molecule has 0 spiro atoms. The highest BCUT2D eigenvalue weighted by molar-refractivity contribution is 5.79. The number of carbonyl (C=O) groups is 1. The van der Waals surface area contributed by atoms with E-state index in [1.165, 1.54) is 16.7 Å². The lowest BCUT2D eigenvalue weighted by Gasteiger charge is -2.39. The zero-order chi connectivity index (χ0) is 22.2. The van der Waals surface area contributed by atoms with Gasteiger partial charge in [0.15, 0.2) is 0 Å². The summed E-state index contributed by atoms with van der Waals surface area (Å²) in [5.41, 5.74) is 5.02. The molecule has 2 unspecified atom stereocenters. The van der Waals surface area contributed by atoms with Gasteiger partial charge in [0, 0.05) is 44.0 Å². The van der Waals surface area contributed by atoms with Crippen molar-refractivity contribution in [1.29, 1.82) is 0 Å². The number of benzene rings is 2. The summed E-state index contributed by atoms with van der Waals surface area (Å²) < 4.78 is 0. The molecule has 3 aromatic rings. The minimum absolute atomic E-state index is 0.0219. The molecule has 2 heterocycles. The molecule has 4 rings (SSSR count). The van der Waals surface area contributed by atoms with E-state index in [4.69, 9.17) is 0 Å². The van der Waals surface area contributed by atoms with E-state index < -0.39 is 0 Å². The Balaban J connectivity index is 1.42. The second-order valence-corrected chi connectivity index (χ2v) is 8.66. The Bertz CT molecular complexity index is 973. The SMILES string of the molecule is CCc1ccc(C2CCC(C(=O)NCCc3ccccn3)CN2Cc2ccccc2)cc1. The van der Waals surface area contributed by atoms with Gasteiger partial charge in [-0.1, -0.05) is 67.6 Å². The zero-order valence-electron chi connectivity index (χ0n) is 18.9. The molecule has 1 amide bonds. The van der Waals surface area contributed by atoms with Crippen LogP contribution in [0.25, 0.3) is 0 Å². The number of carbonyl (C=O) groups excluding carboxylic acids is 1. The Morgan fingerprint density at radius 2 is 1.75 bits per heavy atom. The summed E-state index contributed by atoms with van der Waals surface area (Å²) in [6.07, 6.45) is 5.53.